The molecule has 4 N–H and O–H groups in total. The predicted octanol–water partition coefficient (Wildman–Crippen LogP) is 4.14. The molecule has 1 aliphatic rings. The van der Waals surface area contributed by atoms with E-state index in [9.17, 15) is 39.6 Å². The molecule has 0 amide bonds. The number of aliphatic hydroxyl groups excluding tert-OH is 4. The highest BCUT2D eigenvalue weighted by molar-refractivity contribution is 5.72. The van der Waals surface area contributed by atoms with Crippen LogP contribution in [0.4, 0.5) is 0 Å². The van der Waals surface area contributed by atoms with Crippen LogP contribution in [-0.4, -0.2) is 107 Å². The van der Waals surface area contributed by atoms with Gasteiger partial charge in [-0.25, -0.2) is 0 Å². The summed E-state index contributed by atoms with van der Waals surface area (Å²) in [6.45, 7) is 6.63. The maximum atomic E-state index is 13.2. The summed E-state index contributed by atoms with van der Waals surface area (Å²) in [4.78, 5) is 52.1. The van der Waals surface area contributed by atoms with E-state index in [1.165, 1.54) is 0 Å². The van der Waals surface area contributed by atoms with Crippen LogP contribution >= 0.6 is 0 Å². The van der Waals surface area contributed by atoms with E-state index in [-0.39, 0.29) is 25.7 Å². The first-order chi connectivity index (χ1) is 24.0. The third kappa shape index (κ3) is 18.2. The van der Waals surface area contributed by atoms with Gasteiger partial charge in [0.2, 0.25) is 6.29 Å². The molecule has 292 valence electrons. The van der Waals surface area contributed by atoms with Gasteiger partial charge in [0.15, 0.2) is 24.6 Å². The third-order valence-corrected chi connectivity index (χ3v) is 8.39. The first-order valence-electron chi connectivity index (χ1n) is 18.7. The first kappa shape index (κ1) is 45.7. The van der Waals surface area contributed by atoms with E-state index in [2.05, 4.69) is 6.92 Å². The number of rotatable bonds is 28. The van der Waals surface area contributed by atoms with E-state index < -0.39 is 86.3 Å². The van der Waals surface area contributed by atoms with Crippen molar-refractivity contribution in [2.75, 3.05) is 13.2 Å². The van der Waals surface area contributed by atoms with Crippen molar-refractivity contribution in [2.45, 2.75) is 192 Å². The largest absolute Gasteiger partial charge is 0.463 e. The quantitative estimate of drug-likeness (QED) is 0.0388. The lowest BCUT2D eigenvalue weighted by Gasteiger charge is -2.45. The van der Waals surface area contributed by atoms with Crippen LogP contribution in [0.15, 0.2) is 0 Å². The average Bonchev–Trinajstić information content (AvgIpc) is 3.09. The minimum Gasteiger partial charge on any atom is -0.463 e. The van der Waals surface area contributed by atoms with Crippen LogP contribution in [0.2, 0.25) is 0 Å². The van der Waals surface area contributed by atoms with E-state index in [0.29, 0.717) is 25.7 Å². The van der Waals surface area contributed by atoms with Crippen LogP contribution in [-0.2, 0) is 47.6 Å². The normalized spacial score (nSPS) is 22.3. The molecule has 50 heavy (non-hydrogen) atoms. The molecule has 1 saturated heterocycles. The van der Waals surface area contributed by atoms with Crippen molar-refractivity contribution in [1.29, 1.82) is 0 Å². The number of carbonyl (C=O) groups is 4. The molecule has 1 unspecified atom stereocenters. The number of ether oxygens (including phenoxy) is 6. The Labute approximate surface area is 297 Å². The lowest BCUT2D eigenvalue weighted by molar-refractivity contribution is -0.348. The van der Waals surface area contributed by atoms with Crippen LogP contribution in [0.5, 0.6) is 0 Å². The second kappa shape index (κ2) is 27.3. The van der Waals surface area contributed by atoms with Crippen molar-refractivity contribution >= 4 is 23.9 Å². The minimum absolute atomic E-state index is 0.00121. The summed E-state index contributed by atoms with van der Waals surface area (Å²) in [7, 11) is 0. The third-order valence-electron chi connectivity index (χ3n) is 8.39. The molecule has 14 heteroatoms. The Bertz CT molecular complexity index is 946. The zero-order valence-electron chi connectivity index (χ0n) is 30.6. The van der Waals surface area contributed by atoms with E-state index in [1.54, 1.807) is 0 Å². The molecule has 0 radical (unpaired) electrons. The summed E-state index contributed by atoms with van der Waals surface area (Å²) >= 11 is 0. The highest BCUT2D eigenvalue weighted by Gasteiger charge is 2.54. The van der Waals surface area contributed by atoms with E-state index in [0.717, 1.165) is 64.2 Å². The minimum atomic E-state index is -2.18. The molecule has 0 saturated carbocycles. The van der Waals surface area contributed by atoms with Gasteiger partial charge in [-0.1, -0.05) is 91.9 Å². The van der Waals surface area contributed by atoms with Gasteiger partial charge in [0.1, 0.15) is 24.9 Å². The van der Waals surface area contributed by atoms with Crippen molar-refractivity contribution < 1.29 is 68.0 Å². The van der Waals surface area contributed by atoms with Gasteiger partial charge < -0.3 is 48.8 Å². The van der Waals surface area contributed by atoms with Gasteiger partial charge >= 0.3 is 23.9 Å². The molecule has 0 bridgehead atoms. The van der Waals surface area contributed by atoms with Crippen molar-refractivity contribution in [1.82, 2.24) is 0 Å². The Morgan fingerprint density at radius 1 is 0.580 bits per heavy atom. The van der Waals surface area contributed by atoms with Gasteiger partial charge in [-0.05, 0) is 25.7 Å². The number of aliphatic hydroxyl groups is 4. The molecule has 0 aromatic carbocycles. The monoisotopic (exact) mass is 720 g/mol. The summed E-state index contributed by atoms with van der Waals surface area (Å²) in [5, 5.41) is 40.3. The zero-order chi connectivity index (χ0) is 37.3. The van der Waals surface area contributed by atoms with Crippen LogP contribution in [0.25, 0.3) is 0 Å². The molecule has 1 aliphatic heterocycles. The van der Waals surface area contributed by atoms with E-state index in [4.69, 9.17) is 28.4 Å². The highest BCUT2D eigenvalue weighted by Crippen LogP contribution is 2.32. The molecule has 8 atom stereocenters. The van der Waals surface area contributed by atoms with Gasteiger partial charge in [-0.3, -0.25) is 19.2 Å². The smallest absolute Gasteiger partial charge is 0.306 e. The Morgan fingerprint density at radius 3 is 1.50 bits per heavy atom. The van der Waals surface area contributed by atoms with Crippen molar-refractivity contribution in [2.24, 2.45) is 0 Å². The van der Waals surface area contributed by atoms with Gasteiger partial charge in [0.05, 0.1) is 6.61 Å². The summed E-state index contributed by atoms with van der Waals surface area (Å²) in [5.74, 6) is -2.56. The van der Waals surface area contributed by atoms with Crippen LogP contribution in [0.1, 0.15) is 143 Å². The summed E-state index contributed by atoms with van der Waals surface area (Å²) < 4.78 is 34.6. The summed E-state index contributed by atoms with van der Waals surface area (Å²) in [5.41, 5.74) is 0. The fraction of sp³-hybridized carbons (Fsp3) is 0.889. The zero-order valence-corrected chi connectivity index (χ0v) is 30.6. The van der Waals surface area contributed by atoms with Crippen molar-refractivity contribution in [3.05, 3.63) is 0 Å². The molecular formula is C36H64O14. The summed E-state index contributed by atoms with van der Waals surface area (Å²) in [6, 6.07) is 0. The second-order valence-corrected chi connectivity index (χ2v) is 12.9. The Kier molecular flexibility index (Phi) is 24.9. The lowest BCUT2D eigenvalue weighted by Crippen LogP contribution is -2.64. The molecule has 1 rings (SSSR count). The molecule has 0 aromatic rings. The topological polar surface area (TPSA) is 205 Å². The van der Waals surface area contributed by atoms with Crippen LogP contribution in [0.3, 0.4) is 0 Å². The van der Waals surface area contributed by atoms with E-state index in [1.807, 2.05) is 20.8 Å². The fourth-order valence-electron chi connectivity index (χ4n) is 5.35. The number of unbranched alkanes of at least 4 members (excludes halogenated alkanes) is 10. The molecule has 0 spiro atoms. The maximum absolute atomic E-state index is 13.2. The molecule has 1 heterocycles. The predicted molar refractivity (Wildman–Crippen MR) is 181 cm³/mol. The SMILES string of the molecule is CCCCCCCC(=O)O[C@@H]1[C@H](OC(O)[C@@H](O)[C@@H](O)CO)O[C@H](COC(=O)CCCCC)[C@@H](OC(=O)CCCCC)[C@@H]1OC(=O)CCCCC. The number of carbonyl (C=O) groups excluding carboxylic acids is 4. The van der Waals surface area contributed by atoms with E-state index >= 15 is 0 Å². The summed E-state index contributed by atoms with van der Waals surface area (Å²) in [6.07, 6.45) is -2.74. The van der Waals surface area contributed by atoms with Gasteiger partial charge in [-0.15, -0.1) is 0 Å². The number of hydrogen-bond donors (Lipinski definition) is 4. The molecule has 0 aromatic heterocycles. The number of hydrogen-bond acceptors (Lipinski definition) is 14. The molecule has 0 aliphatic carbocycles. The van der Waals surface area contributed by atoms with Gasteiger partial charge in [-0.2, -0.15) is 0 Å². The highest BCUT2D eigenvalue weighted by atomic mass is 16.8. The second-order valence-electron chi connectivity index (χ2n) is 12.9. The van der Waals surface area contributed by atoms with Crippen LogP contribution < -0.4 is 0 Å². The average molecular weight is 721 g/mol. The van der Waals surface area contributed by atoms with Gasteiger partial charge in [0.25, 0.3) is 0 Å². The maximum Gasteiger partial charge on any atom is 0.306 e. The Hall–Kier alpha value is -2.36. The molecule has 14 nitrogen and oxygen atoms in total. The molecular weight excluding hydrogens is 656 g/mol. The number of esters is 4. The lowest BCUT2D eigenvalue weighted by atomic mass is 9.97. The van der Waals surface area contributed by atoms with Crippen molar-refractivity contribution in [3.8, 4) is 0 Å². The van der Waals surface area contributed by atoms with Gasteiger partial charge in [0, 0.05) is 25.7 Å². The standard InChI is InChI=1S/C36H64O14/c1-5-9-13-14-18-22-30(42)49-34-33(48-29(41)21-17-12-8-4)32(47-28(40)20-16-11-7-3)26(24-45-27(39)19-15-10-6-2)46-36(34)50-35(44)31(43)25(38)23-37/h25-26,31-38,43-44H,5-24H2,1-4H3/t25-,26+,31-,32+,33-,34-,35?,36-/m0/s1. The fourth-order valence-corrected chi connectivity index (χ4v) is 5.35. The van der Waals surface area contributed by atoms with Crippen molar-refractivity contribution in [3.63, 3.8) is 0 Å². The molecule has 1 fully saturated rings. The van der Waals surface area contributed by atoms with Crippen LogP contribution in [0, 0.1) is 0 Å². The Morgan fingerprint density at radius 2 is 1.00 bits per heavy atom. The first-order valence-corrected chi connectivity index (χ1v) is 18.7. The Balaban J connectivity index is 3.55.